The molecular formula is C15H11BrN2O3. The molecule has 1 aliphatic heterocycles. The number of phenolic OH excluding ortho intramolecular Hbond substituents is 1. The van der Waals surface area contributed by atoms with Gasteiger partial charge in [-0.05, 0) is 12.1 Å². The van der Waals surface area contributed by atoms with Gasteiger partial charge in [0.2, 0.25) is 0 Å². The van der Waals surface area contributed by atoms with Crippen molar-refractivity contribution in [1.82, 2.24) is 10.6 Å². The number of imide groups is 1. The van der Waals surface area contributed by atoms with E-state index in [9.17, 15) is 14.7 Å². The molecule has 0 spiro atoms. The number of phenols is 1. The lowest BCUT2D eigenvalue weighted by Gasteiger charge is -2.28. The van der Waals surface area contributed by atoms with Crippen molar-refractivity contribution in [3.8, 4) is 5.75 Å². The van der Waals surface area contributed by atoms with Crippen LogP contribution in [-0.4, -0.2) is 17.0 Å². The SMILES string of the molecule is O=C1NC(=O)C(c2ccccc2O)(c2ccccc2Br)N1. The van der Waals surface area contributed by atoms with E-state index in [4.69, 9.17) is 0 Å². The molecule has 3 amide bonds. The minimum Gasteiger partial charge on any atom is -0.508 e. The number of benzene rings is 2. The Morgan fingerprint density at radius 3 is 2.14 bits per heavy atom. The van der Waals surface area contributed by atoms with Crippen molar-refractivity contribution in [2.45, 2.75) is 5.54 Å². The van der Waals surface area contributed by atoms with Gasteiger partial charge in [-0.1, -0.05) is 52.3 Å². The van der Waals surface area contributed by atoms with E-state index in [1.54, 1.807) is 42.5 Å². The number of rotatable bonds is 2. The van der Waals surface area contributed by atoms with E-state index in [-0.39, 0.29) is 5.75 Å². The highest BCUT2D eigenvalue weighted by atomic mass is 79.9. The monoisotopic (exact) mass is 346 g/mol. The minimum atomic E-state index is -1.46. The van der Waals surface area contributed by atoms with Gasteiger partial charge in [-0.3, -0.25) is 10.1 Å². The third-order valence-corrected chi connectivity index (χ3v) is 4.15. The maximum atomic E-state index is 12.5. The number of carbonyl (C=O) groups is 2. The average molecular weight is 347 g/mol. The highest BCUT2D eigenvalue weighted by molar-refractivity contribution is 9.10. The van der Waals surface area contributed by atoms with Crippen molar-refractivity contribution in [2.24, 2.45) is 0 Å². The smallest absolute Gasteiger partial charge is 0.322 e. The van der Waals surface area contributed by atoms with Crippen LogP contribution in [0.5, 0.6) is 5.75 Å². The highest BCUT2D eigenvalue weighted by Crippen LogP contribution is 2.40. The summed E-state index contributed by atoms with van der Waals surface area (Å²) in [6.07, 6.45) is 0. The van der Waals surface area contributed by atoms with Gasteiger partial charge >= 0.3 is 6.03 Å². The molecule has 2 aromatic rings. The normalized spacial score (nSPS) is 21.0. The summed E-state index contributed by atoms with van der Waals surface area (Å²) in [5.41, 5.74) is -0.585. The number of urea groups is 1. The number of carbonyl (C=O) groups excluding carboxylic acids is 2. The zero-order chi connectivity index (χ0) is 15.0. The Kier molecular flexibility index (Phi) is 3.17. The second-order valence-electron chi connectivity index (χ2n) is 4.66. The summed E-state index contributed by atoms with van der Waals surface area (Å²) in [6.45, 7) is 0. The van der Waals surface area contributed by atoms with E-state index in [1.807, 2.05) is 0 Å². The minimum absolute atomic E-state index is 0.0643. The maximum Gasteiger partial charge on any atom is 0.322 e. The standard InChI is InChI=1S/C15H11BrN2O3/c16-11-7-3-1-5-9(11)15(13(20)17-14(21)18-15)10-6-2-4-8-12(10)19/h1-8,19H,(H2,17,18,20,21). The average Bonchev–Trinajstić information content (AvgIpc) is 2.75. The lowest BCUT2D eigenvalue weighted by Crippen LogP contribution is -2.45. The third-order valence-electron chi connectivity index (χ3n) is 3.45. The van der Waals surface area contributed by atoms with Gasteiger partial charge in [0.25, 0.3) is 5.91 Å². The predicted octanol–water partition coefficient (Wildman–Crippen LogP) is 2.24. The molecule has 5 nitrogen and oxygen atoms in total. The summed E-state index contributed by atoms with van der Waals surface area (Å²) in [4.78, 5) is 24.2. The fourth-order valence-corrected chi connectivity index (χ4v) is 3.12. The number of halogens is 1. The number of nitrogens with one attached hydrogen (secondary N) is 2. The first-order valence-corrected chi connectivity index (χ1v) is 7.02. The van der Waals surface area contributed by atoms with E-state index >= 15 is 0 Å². The molecule has 0 saturated carbocycles. The van der Waals surface area contributed by atoms with Crippen LogP contribution in [0.15, 0.2) is 53.0 Å². The van der Waals surface area contributed by atoms with Crippen LogP contribution in [-0.2, 0) is 10.3 Å². The molecule has 6 heteroatoms. The number of aromatic hydroxyl groups is 1. The van der Waals surface area contributed by atoms with Crippen molar-refractivity contribution in [3.05, 3.63) is 64.1 Å². The Balaban J connectivity index is 2.33. The topological polar surface area (TPSA) is 78.4 Å². The Hall–Kier alpha value is -2.34. The Morgan fingerprint density at radius 1 is 0.952 bits per heavy atom. The first-order valence-electron chi connectivity index (χ1n) is 6.23. The van der Waals surface area contributed by atoms with Crippen LogP contribution in [0.4, 0.5) is 4.79 Å². The first-order chi connectivity index (χ1) is 10.1. The summed E-state index contributed by atoms with van der Waals surface area (Å²) in [7, 11) is 0. The number of hydrogen-bond acceptors (Lipinski definition) is 3. The zero-order valence-electron chi connectivity index (χ0n) is 10.8. The quantitative estimate of drug-likeness (QED) is 0.729. The molecule has 1 saturated heterocycles. The van der Waals surface area contributed by atoms with Gasteiger partial charge in [0, 0.05) is 15.6 Å². The van der Waals surface area contributed by atoms with Crippen LogP contribution in [0.3, 0.4) is 0 Å². The van der Waals surface area contributed by atoms with E-state index in [1.165, 1.54) is 6.07 Å². The molecular weight excluding hydrogens is 336 g/mol. The zero-order valence-corrected chi connectivity index (χ0v) is 12.3. The predicted molar refractivity (Wildman–Crippen MR) is 79.7 cm³/mol. The lowest BCUT2D eigenvalue weighted by atomic mass is 9.82. The maximum absolute atomic E-state index is 12.5. The van der Waals surface area contributed by atoms with E-state index in [2.05, 4.69) is 26.6 Å². The number of para-hydroxylation sites is 1. The van der Waals surface area contributed by atoms with Crippen LogP contribution >= 0.6 is 15.9 Å². The molecule has 0 radical (unpaired) electrons. The van der Waals surface area contributed by atoms with E-state index in [0.29, 0.717) is 15.6 Å². The molecule has 1 unspecified atom stereocenters. The van der Waals surface area contributed by atoms with Crippen molar-refractivity contribution >= 4 is 27.9 Å². The molecule has 0 aliphatic carbocycles. The van der Waals surface area contributed by atoms with Gasteiger partial charge in [0.05, 0.1) is 0 Å². The van der Waals surface area contributed by atoms with Gasteiger partial charge < -0.3 is 10.4 Å². The van der Waals surface area contributed by atoms with E-state index < -0.39 is 17.5 Å². The van der Waals surface area contributed by atoms with Gasteiger partial charge in [-0.25, -0.2) is 4.79 Å². The molecule has 3 N–H and O–H groups in total. The molecule has 1 atom stereocenters. The summed E-state index contributed by atoms with van der Waals surface area (Å²) in [6, 6.07) is 12.9. The molecule has 2 aromatic carbocycles. The van der Waals surface area contributed by atoms with Gasteiger partial charge in [0.15, 0.2) is 5.54 Å². The number of hydrogen-bond donors (Lipinski definition) is 3. The fraction of sp³-hybridized carbons (Fsp3) is 0.0667. The van der Waals surface area contributed by atoms with Crippen molar-refractivity contribution in [1.29, 1.82) is 0 Å². The molecule has 21 heavy (non-hydrogen) atoms. The Bertz CT molecular complexity index is 700. The summed E-state index contributed by atoms with van der Waals surface area (Å²) in [5.74, 6) is -0.591. The van der Waals surface area contributed by atoms with E-state index in [0.717, 1.165) is 0 Å². The van der Waals surface area contributed by atoms with Gasteiger partial charge in [-0.2, -0.15) is 0 Å². The van der Waals surface area contributed by atoms with Gasteiger partial charge in [0.1, 0.15) is 5.75 Å². The lowest BCUT2D eigenvalue weighted by molar-refractivity contribution is -0.123. The Morgan fingerprint density at radius 2 is 1.57 bits per heavy atom. The molecule has 0 bridgehead atoms. The molecule has 1 aliphatic rings. The second kappa shape index (κ2) is 4.89. The molecule has 1 heterocycles. The van der Waals surface area contributed by atoms with Crippen LogP contribution in [0.2, 0.25) is 0 Å². The Labute approximate surface area is 129 Å². The molecule has 106 valence electrons. The summed E-state index contributed by atoms with van der Waals surface area (Å²) >= 11 is 3.40. The number of amides is 3. The van der Waals surface area contributed by atoms with Crippen LogP contribution in [0, 0.1) is 0 Å². The first kappa shape index (κ1) is 13.6. The fourth-order valence-electron chi connectivity index (χ4n) is 2.54. The second-order valence-corrected chi connectivity index (χ2v) is 5.51. The van der Waals surface area contributed by atoms with Crippen LogP contribution in [0.25, 0.3) is 0 Å². The molecule has 1 fully saturated rings. The van der Waals surface area contributed by atoms with Crippen molar-refractivity contribution in [3.63, 3.8) is 0 Å². The molecule has 3 rings (SSSR count). The largest absolute Gasteiger partial charge is 0.508 e. The van der Waals surface area contributed by atoms with Gasteiger partial charge in [-0.15, -0.1) is 0 Å². The summed E-state index contributed by atoms with van der Waals surface area (Å²) < 4.78 is 0.658. The van der Waals surface area contributed by atoms with Crippen LogP contribution in [0.1, 0.15) is 11.1 Å². The van der Waals surface area contributed by atoms with Crippen LogP contribution < -0.4 is 10.6 Å². The van der Waals surface area contributed by atoms with Crippen molar-refractivity contribution in [2.75, 3.05) is 0 Å². The summed E-state index contributed by atoms with van der Waals surface area (Å²) in [5, 5.41) is 15.0. The van der Waals surface area contributed by atoms with Crippen molar-refractivity contribution < 1.29 is 14.7 Å². The third kappa shape index (κ3) is 1.99. The highest BCUT2D eigenvalue weighted by Gasteiger charge is 2.51. The molecule has 0 aromatic heterocycles.